The number of esters is 1. The third-order valence-electron chi connectivity index (χ3n) is 4.56. The van der Waals surface area contributed by atoms with Crippen LogP contribution in [0.5, 0.6) is 5.75 Å². The number of benzene rings is 2. The van der Waals surface area contributed by atoms with Crippen LogP contribution < -0.4 is 4.74 Å². The van der Waals surface area contributed by atoms with Crippen molar-refractivity contribution in [2.45, 2.75) is 39.2 Å². The van der Waals surface area contributed by atoms with Crippen LogP contribution in [0.1, 0.15) is 42.9 Å². The van der Waals surface area contributed by atoms with Crippen LogP contribution in [0.25, 0.3) is 6.08 Å². The number of carbonyl (C=O) groups excluding carboxylic acids is 2. The molecule has 0 aliphatic rings. The van der Waals surface area contributed by atoms with Crippen molar-refractivity contribution >= 4 is 23.8 Å². The van der Waals surface area contributed by atoms with Crippen LogP contribution in [-0.4, -0.2) is 27.9 Å². The Labute approximate surface area is 175 Å². The van der Waals surface area contributed by atoms with E-state index in [-0.39, 0.29) is 31.1 Å². The minimum absolute atomic E-state index is 0.0303. The number of hydrogen-bond acceptors (Lipinski definition) is 5. The zero-order valence-corrected chi connectivity index (χ0v) is 16.9. The molecule has 0 spiro atoms. The third-order valence-corrected chi connectivity index (χ3v) is 4.56. The van der Waals surface area contributed by atoms with E-state index in [0.717, 1.165) is 16.7 Å². The second-order valence-corrected chi connectivity index (χ2v) is 7.26. The van der Waals surface area contributed by atoms with Gasteiger partial charge in [-0.1, -0.05) is 43.3 Å². The number of ketones is 1. The molecule has 30 heavy (non-hydrogen) atoms. The molecule has 0 aromatic heterocycles. The van der Waals surface area contributed by atoms with E-state index in [0.29, 0.717) is 18.6 Å². The summed E-state index contributed by atoms with van der Waals surface area (Å²) in [5.41, 5.74) is 2.42. The number of carboxylic acids is 1. The van der Waals surface area contributed by atoms with Gasteiger partial charge < -0.3 is 14.9 Å². The molecule has 0 aliphatic carbocycles. The maximum atomic E-state index is 12.1. The standard InChI is InChI=1S/C24H26O6/c1-17(14-23(27)28)2-10-21(26)15-19-7-11-22(12-8-19)30-24(29)13-9-18-3-5-20(16-25)6-4-18/h3-9,11-13,17,25H,2,10,14-16H2,1H3,(H,27,28). The third kappa shape index (κ3) is 8.41. The molecule has 0 saturated heterocycles. The maximum Gasteiger partial charge on any atom is 0.336 e. The first-order chi connectivity index (χ1) is 14.4. The van der Waals surface area contributed by atoms with Crippen LogP contribution in [0.2, 0.25) is 0 Å². The minimum Gasteiger partial charge on any atom is -0.481 e. The second-order valence-electron chi connectivity index (χ2n) is 7.26. The highest BCUT2D eigenvalue weighted by Crippen LogP contribution is 2.16. The van der Waals surface area contributed by atoms with Crippen molar-refractivity contribution in [3.8, 4) is 5.75 Å². The molecule has 6 nitrogen and oxygen atoms in total. The average molecular weight is 410 g/mol. The molecule has 2 aromatic rings. The van der Waals surface area contributed by atoms with E-state index in [9.17, 15) is 14.4 Å². The number of Topliss-reactive ketones (excluding diaryl/α,β-unsaturated/α-hetero) is 1. The quantitative estimate of drug-likeness (QED) is 0.332. The molecule has 1 atom stereocenters. The predicted octanol–water partition coefficient (Wildman–Crippen LogP) is 3.80. The smallest absolute Gasteiger partial charge is 0.336 e. The number of aliphatic carboxylic acids is 1. The van der Waals surface area contributed by atoms with E-state index in [4.69, 9.17) is 14.9 Å². The van der Waals surface area contributed by atoms with Crippen LogP contribution >= 0.6 is 0 Å². The number of carboxylic acid groups (broad SMARTS) is 1. The molecule has 0 radical (unpaired) electrons. The Morgan fingerprint density at radius 3 is 2.23 bits per heavy atom. The molecule has 0 aliphatic heterocycles. The Morgan fingerprint density at radius 2 is 1.63 bits per heavy atom. The molecule has 0 bridgehead atoms. The number of aliphatic hydroxyl groups is 1. The zero-order valence-electron chi connectivity index (χ0n) is 16.9. The van der Waals surface area contributed by atoms with Gasteiger partial charge in [-0.25, -0.2) is 4.79 Å². The molecule has 0 fully saturated rings. The van der Waals surface area contributed by atoms with Crippen molar-refractivity contribution in [3.05, 3.63) is 71.3 Å². The van der Waals surface area contributed by atoms with E-state index < -0.39 is 11.9 Å². The average Bonchev–Trinajstić information content (AvgIpc) is 2.72. The lowest BCUT2D eigenvalue weighted by Gasteiger charge is -2.08. The second kappa shape index (κ2) is 11.7. The van der Waals surface area contributed by atoms with Gasteiger partial charge in [0.2, 0.25) is 0 Å². The van der Waals surface area contributed by atoms with Gasteiger partial charge in [0.25, 0.3) is 0 Å². The summed E-state index contributed by atoms with van der Waals surface area (Å²) in [5.74, 6) is -0.973. The lowest BCUT2D eigenvalue weighted by atomic mass is 9.98. The van der Waals surface area contributed by atoms with Gasteiger partial charge in [-0.2, -0.15) is 0 Å². The van der Waals surface area contributed by atoms with Gasteiger partial charge in [0, 0.05) is 25.3 Å². The topological polar surface area (TPSA) is 101 Å². The Kier molecular flexibility index (Phi) is 8.97. The fourth-order valence-corrected chi connectivity index (χ4v) is 2.85. The largest absolute Gasteiger partial charge is 0.481 e. The highest BCUT2D eigenvalue weighted by atomic mass is 16.5. The Bertz CT molecular complexity index is 881. The molecule has 0 heterocycles. The molecular weight excluding hydrogens is 384 g/mol. The van der Waals surface area contributed by atoms with Crippen LogP contribution in [-0.2, 0) is 27.4 Å². The van der Waals surface area contributed by atoms with Crippen molar-refractivity contribution in [3.63, 3.8) is 0 Å². The summed E-state index contributed by atoms with van der Waals surface area (Å²) in [6.07, 6.45) is 4.17. The number of rotatable bonds is 11. The lowest BCUT2D eigenvalue weighted by molar-refractivity contribution is -0.138. The molecule has 2 rings (SSSR count). The van der Waals surface area contributed by atoms with Crippen molar-refractivity contribution in [1.29, 1.82) is 0 Å². The first-order valence-corrected chi connectivity index (χ1v) is 9.78. The molecule has 1 unspecified atom stereocenters. The summed E-state index contributed by atoms with van der Waals surface area (Å²) in [6, 6.07) is 13.9. The first kappa shape index (κ1) is 23.0. The van der Waals surface area contributed by atoms with Gasteiger partial charge in [-0.05, 0) is 47.2 Å². The summed E-state index contributed by atoms with van der Waals surface area (Å²) >= 11 is 0. The van der Waals surface area contributed by atoms with Crippen molar-refractivity contribution in [2.24, 2.45) is 5.92 Å². The molecule has 2 aromatic carbocycles. The normalized spacial score (nSPS) is 11.9. The first-order valence-electron chi connectivity index (χ1n) is 9.78. The van der Waals surface area contributed by atoms with E-state index >= 15 is 0 Å². The Morgan fingerprint density at radius 1 is 1.00 bits per heavy atom. The van der Waals surface area contributed by atoms with Crippen LogP contribution in [0.15, 0.2) is 54.6 Å². The van der Waals surface area contributed by atoms with E-state index in [1.165, 1.54) is 6.08 Å². The van der Waals surface area contributed by atoms with Crippen molar-refractivity contribution < 1.29 is 29.3 Å². The van der Waals surface area contributed by atoms with E-state index in [1.54, 1.807) is 54.6 Å². The molecule has 158 valence electrons. The molecule has 2 N–H and O–H groups in total. The van der Waals surface area contributed by atoms with Crippen LogP contribution in [0.4, 0.5) is 0 Å². The van der Waals surface area contributed by atoms with Crippen LogP contribution in [0, 0.1) is 5.92 Å². The molecule has 0 saturated carbocycles. The zero-order chi connectivity index (χ0) is 21.9. The van der Waals surface area contributed by atoms with E-state index in [1.807, 2.05) is 6.92 Å². The maximum absolute atomic E-state index is 12.1. The fourth-order valence-electron chi connectivity index (χ4n) is 2.85. The summed E-state index contributed by atoms with van der Waals surface area (Å²) in [5, 5.41) is 17.8. The van der Waals surface area contributed by atoms with Gasteiger partial charge in [-0.3, -0.25) is 9.59 Å². The van der Waals surface area contributed by atoms with Gasteiger partial charge in [-0.15, -0.1) is 0 Å². The Balaban J connectivity index is 1.80. The summed E-state index contributed by atoms with van der Waals surface area (Å²) in [6.45, 7) is 1.79. The fraction of sp³-hybridized carbons (Fsp3) is 0.292. The van der Waals surface area contributed by atoms with Gasteiger partial charge in [0.1, 0.15) is 11.5 Å². The molecular formula is C24H26O6. The Hall–Kier alpha value is -3.25. The van der Waals surface area contributed by atoms with E-state index in [2.05, 4.69) is 0 Å². The monoisotopic (exact) mass is 410 g/mol. The highest BCUT2D eigenvalue weighted by molar-refractivity contribution is 5.88. The number of hydrogen-bond donors (Lipinski definition) is 2. The number of carbonyl (C=O) groups is 3. The van der Waals surface area contributed by atoms with Gasteiger partial charge >= 0.3 is 11.9 Å². The van der Waals surface area contributed by atoms with Gasteiger partial charge in [0.05, 0.1) is 6.61 Å². The predicted molar refractivity (Wildman–Crippen MR) is 113 cm³/mol. The highest BCUT2D eigenvalue weighted by Gasteiger charge is 2.11. The minimum atomic E-state index is -0.852. The summed E-state index contributed by atoms with van der Waals surface area (Å²) in [4.78, 5) is 34.7. The summed E-state index contributed by atoms with van der Waals surface area (Å²) < 4.78 is 5.25. The van der Waals surface area contributed by atoms with Gasteiger partial charge in [0.15, 0.2) is 0 Å². The lowest BCUT2D eigenvalue weighted by Crippen LogP contribution is -2.09. The number of ether oxygens (including phenoxy) is 1. The molecule has 0 amide bonds. The van der Waals surface area contributed by atoms with Crippen molar-refractivity contribution in [1.82, 2.24) is 0 Å². The van der Waals surface area contributed by atoms with Crippen LogP contribution in [0.3, 0.4) is 0 Å². The SMILES string of the molecule is CC(CCC(=O)Cc1ccc(OC(=O)C=Cc2ccc(CO)cc2)cc1)CC(=O)O. The van der Waals surface area contributed by atoms with Crippen molar-refractivity contribution in [2.75, 3.05) is 0 Å². The molecule has 6 heteroatoms. The summed E-state index contributed by atoms with van der Waals surface area (Å²) in [7, 11) is 0. The number of aliphatic hydroxyl groups excluding tert-OH is 1.